The van der Waals surface area contributed by atoms with Crippen LogP contribution in [-0.4, -0.2) is 18.9 Å². The number of carbonyl (C=O) groups excluding carboxylic acids is 2. The number of benzene rings is 1. The lowest BCUT2D eigenvalue weighted by atomic mass is 9.69. The number of ether oxygens (including phenoxy) is 1. The molecule has 0 saturated carbocycles. The Morgan fingerprint density at radius 3 is 2.79 bits per heavy atom. The molecule has 1 N–H and O–H groups in total. The molecule has 19 heavy (non-hydrogen) atoms. The van der Waals surface area contributed by atoms with Gasteiger partial charge in [-0.15, -0.1) is 0 Å². The molecule has 4 heteroatoms. The molecule has 102 valence electrons. The van der Waals surface area contributed by atoms with E-state index in [0.29, 0.717) is 12.8 Å². The van der Waals surface area contributed by atoms with Gasteiger partial charge < -0.3 is 4.74 Å². The lowest BCUT2D eigenvalue weighted by Crippen LogP contribution is -2.54. The predicted octanol–water partition coefficient (Wildman–Crippen LogP) is 2.03. The van der Waals surface area contributed by atoms with Gasteiger partial charge in [-0.05, 0) is 30.5 Å². The second kappa shape index (κ2) is 5.03. The molecule has 1 aromatic rings. The summed E-state index contributed by atoms with van der Waals surface area (Å²) in [6, 6.07) is 7.53. The Balaban J connectivity index is 2.46. The molecule has 1 fully saturated rings. The van der Waals surface area contributed by atoms with Crippen molar-refractivity contribution in [1.29, 1.82) is 0 Å². The Morgan fingerprint density at radius 2 is 2.16 bits per heavy atom. The van der Waals surface area contributed by atoms with Crippen molar-refractivity contribution in [2.45, 2.75) is 32.1 Å². The third-order valence-electron chi connectivity index (χ3n) is 4.00. The van der Waals surface area contributed by atoms with Gasteiger partial charge in [0.05, 0.1) is 12.5 Å². The van der Waals surface area contributed by atoms with Gasteiger partial charge in [0.2, 0.25) is 11.8 Å². The van der Waals surface area contributed by atoms with Gasteiger partial charge in [0, 0.05) is 5.92 Å². The summed E-state index contributed by atoms with van der Waals surface area (Å²) in [5, 5.41) is 2.49. The molecule has 0 bridgehead atoms. The minimum absolute atomic E-state index is 0.163. The van der Waals surface area contributed by atoms with Gasteiger partial charge in [0.15, 0.2) is 0 Å². The Bertz CT molecular complexity index is 512. The van der Waals surface area contributed by atoms with Gasteiger partial charge in [-0.1, -0.05) is 26.0 Å². The number of imide groups is 1. The first-order valence-electron chi connectivity index (χ1n) is 6.53. The van der Waals surface area contributed by atoms with Crippen LogP contribution >= 0.6 is 0 Å². The minimum Gasteiger partial charge on any atom is -0.497 e. The van der Waals surface area contributed by atoms with Crippen molar-refractivity contribution in [2.75, 3.05) is 7.11 Å². The molecular formula is C15H19NO3. The summed E-state index contributed by atoms with van der Waals surface area (Å²) in [5.74, 6) is 0.176. The minimum atomic E-state index is -0.637. The van der Waals surface area contributed by atoms with Gasteiger partial charge >= 0.3 is 0 Å². The van der Waals surface area contributed by atoms with Crippen LogP contribution in [0.15, 0.2) is 24.3 Å². The summed E-state index contributed by atoms with van der Waals surface area (Å²) < 4.78 is 5.22. The van der Waals surface area contributed by atoms with E-state index in [1.807, 2.05) is 38.1 Å². The van der Waals surface area contributed by atoms with Crippen molar-refractivity contribution < 1.29 is 14.3 Å². The highest BCUT2D eigenvalue weighted by Crippen LogP contribution is 2.38. The molecular weight excluding hydrogens is 242 g/mol. The molecule has 2 atom stereocenters. The molecule has 2 unspecified atom stereocenters. The van der Waals surface area contributed by atoms with Crippen molar-refractivity contribution in [1.82, 2.24) is 5.32 Å². The first-order chi connectivity index (χ1) is 9.03. The average Bonchev–Trinajstić information content (AvgIpc) is 2.43. The fourth-order valence-electron chi connectivity index (χ4n) is 2.74. The van der Waals surface area contributed by atoms with Crippen LogP contribution < -0.4 is 10.1 Å². The van der Waals surface area contributed by atoms with Gasteiger partial charge in [0.1, 0.15) is 5.75 Å². The van der Waals surface area contributed by atoms with Gasteiger partial charge in [0.25, 0.3) is 0 Å². The van der Waals surface area contributed by atoms with E-state index in [1.165, 1.54) is 0 Å². The molecule has 2 amide bonds. The lowest BCUT2D eigenvalue weighted by Gasteiger charge is -2.37. The van der Waals surface area contributed by atoms with Crippen molar-refractivity contribution in [3.8, 4) is 5.75 Å². The average molecular weight is 261 g/mol. The maximum Gasteiger partial charge on any atom is 0.237 e. The normalized spacial score (nSPS) is 27.0. The van der Waals surface area contributed by atoms with Crippen LogP contribution in [0.1, 0.15) is 32.3 Å². The fraction of sp³-hybridized carbons (Fsp3) is 0.467. The summed E-state index contributed by atoms with van der Waals surface area (Å²) in [4.78, 5) is 23.9. The van der Waals surface area contributed by atoms with E-state index in [0.717, 1.165) is 11.3 Å². The van der Waals surface area contributed by atoms with Gasteiger partial charge in [-0.25, -0.2) is 0 Å². The Morgan fingerprint density at radius 1 is 1.42 bits per heavy atom. The number of nitrogens with one attached hydrogen (secondary N) is 1. The number of hydrogen-bond acceptors (Lipinski definition) is 3. The van der Waals surface area contributed by atoms with Crippen LogP contribution in [0.4, 0.5) is 0 Å². The standard InChI is InChI=1S/C15H19NO3/c1-4-15(9-10(2)13(17)16-14(15)18)11-6-5-7-12(8-11)19-3/h5-8,10H,4,9H2,1-3H3,(H,16,17,18). The zero-order valence-electron chi connectivity index (χ0n) is 11.5. The van der Waals surface area contributed by atoms with Gasteiger partial charge in [-0.2, -0.15) is 0 Å². The predicted molar refractivity (Wildman–Crippen MR) is 71.9 cm³/mol. The first kappa shape index (κ1) is 13.6. The summed E-state index contributed by atoms with van der Waals surface area (Å²) >= 11 is 0. The molecule has 0 aromatic heterocycles. The molecule has 1 heterocycles. The summed E-state index contributed by atoms with van der Waals surface area (Å²) in [6.45, 7) is 3.83. The zero-order valence-corrected chi connectivity index (χ0v) is 11.5. The largest absolute Gasteiger partial charge is 0.497 e. The second-order valence-electron chi connectivity index (χ2n) is 5.09. The summed E-state index contributed by atoms with van der Waals surface area (Å²) in [5.41, 5.74) is 0.271. The molecule has 0 aliphatic carbocycles. The van der Waals surface area contributed by atoms with E-state index in [2.05, 4.69) is 5.32 Å². The van der Waals surface area contributed by atoms with Crippen LogP contribution in [0.25, 0.3) is 0 Å². The van der Waals surface area contributed by atoms with E-state index in [-0.39, 0.29) is 17.7 Å². The van der Waals surface area contributed by atoms with Gasteiger partial charge in [-0.3, -0.25) is 14.9 Å². The number of methoxy groups -OCH3 is 1. The molecule has 1 aliphatic rings. The van der Waals surface area contributed by atoms with Crippen molar-refractivity contribution >= 4 is 11.8 Å². The van der Waals surface area contributed by atoms with E-state index in [1.54, 1.807) is 7.11 Å². The highest BCUT2D eigenvalue weighted by molar-refractivity contribution is 6.04. The third kappa shape index (κ3) is 2.23. The van der Waals surface area contributed by atoms with E-state index in [9.17, 15) is 9.59 Å². The Labute approximate surface area is 113 Å². The maximum absolute atomic E-state index is 12.3. The zero-order chi connectivity index (χ0) is 14.0. The van der Waals surface area contributed by atoms with Crippen molar-refractivity contribution in [3.05, 3.63) is 29.8 Å². The van der Waals surface area contributed by atoms with E-state index >= 15 is 0 Å². The molecule has 0 spiro atoms. The van der Waals surface area contributed by atoms with Crippen molar-refractivity contribution in [3.63, 3.8) is 0 Å². The molecule has 1 aromatic carbocycles. The second-order valence-corrected chi connectivity index (χ2v) is 5.09. The smallest absolute Gasteiger partial charge is 0.237 e. The summed E-state index contributed by atoms with van der Waals surface area (Å²) in [7, 11) is 1.60. The Kier molecular flexibility index (Phi) is 3.60. The number of carbonyl (C=O) groups is 2. The van der Waals surface area contributed by atoms with Crippen LogP contribution in [-0.2, 0) is 15.0 Å². The molecule has 0 radical (unpaired) electrons. The molecule has 4 nitrogen and oxygen atoms in total. The maximum atomic E-state index is 12.3. The summed E-state index contributed by atoms with van der Waals surface area (Å²) in [6.07, 6.45) is 1.20. The number of piperidine rings is 1. The third-order valence-corrected chi connectivity index (χ3v) is 4.00. The molecule has 1 saturated heterocycles. The number of amides is 2. The topological polar surface area (TPSA) is 55.4 Å². The van der Waals surface area contributed by atoms with Crippen LogP contribution in [0, 0.1) is 5.92 Å². The monoisotopic (exact) mass is 261 g/mol. The van der Waals surface area contributed by atoms with E-state index in [4.69, 9.17) is 4.74 Å². The molecule has 1 aliphatic heterocycles. The highest BCUT2D eigenvalue weighted by Gasteiger charge is 2.45. The highest BCUT2D eigenvalue weighted by atomic mass is 16.5. The number of rotatable bonds is 3. The number of hydrogen-bond donors (Lipinski definition) is 1. The van der Waals surface area contributed by atoms with E-state index < -0.39 is 5.41 Å². The SMILES string of the molecule is CCC1(c2cccc(OC)c2)CC(C)C(=O)NC1=O. The van der Waals surface area contributed by atoms with Crippen LogP contribution in [0.3, 0.4) is 0 Å². The fourth-order valence-corrected chi connectivity index (χ4v) is 2.74. The quantitative estimate of drug-likeness (QED) is 0.847. The lowest BCUT2D eigenvalue weighted by molar-refractivity contribution is -0.141. The van der Waals surface area contributed by atoms with Crippen LogP contribution in [0.5, 0.6) is 5.75 Å². The van der Waals surface area contributed by atoms with Crippen LogP contribution in [0.2, 0.25) is 0 Å². The van der Waals surface area contributed by atoms with Crippen molar-refractivity contribution in [2.24, 2.45) is 5.92 Å². The Hall–Kier alpha value is -1.84. The molecule has 2 rings (SSSR count). The first-order valence-corrected chi connectivity index (χ1v) is 6.53.